The van der Waals surface area contributed by atoms with Crippen LogP contribution >= 0.6 is 0 Å². The van der Waals surface area contributed by atoms with E-state index in [1.165, 1.54) is 4.68 Å². The molecule has 0 fully saturated rings. The van der Waals surface area contributed by atoms with Gasteiger partial charge in [-0.1, -0.05) is 17.3 Å². The molecular weight excluding hydrogens is 326 g/mol. The lowest BCUT2D eigenvalue weighted by Gasteiger charge is -2.08. The third-order valence-corrected chi connectivity index (χ3v) is 3.96. The van der Waals surface area contributed by atoms with Crippen molar-refractivity contribution in [1.82, 2.24) is 19.9 Å². The molecule has 0 aliphatic rings. The highest BCUT2D eigenvalue weighted by atomic mass is 16.6. The summed E-state index contributed by atoms with van der Waals surface area (Å²) in [6, 6.07) is 6.86. The smallest absolute Gasteiger partial charge is 0.312 e. The zero-order valence-electron chi connectivity index (χ0n) is 14.3. The van der Waals surface area contributed by atoms with Gasteiger partial charge in [-0.05, 0) is 32.9 Å². The van der Waals surface area contributed by atoms with Crippen molar-refractivity contribution in [2.24, 2.45) is 0 Å². The zero-order valence-corrected chi connectivity index (χ0v) is 14.3. The summed E-state index contributed by atoms with van der Waals surface area (Å²) in [5.41, 5.74) is 1.54. The van der Waals surface area contributed by atoms with Crippen molar-refractivity contribution in [3.63, 3.8) is 0 Å². The van der Waals surface area contributed by atoms with Gasteiger partial charge >= 0.3 is 5.69 Å². The van der Waals surface area contributed by atoms with E-state index in [1.807, 2.05) is 18.2 Å². The first kappa shape index (κ1) is 16.6. The van der Waals surface area contributed by atoms with Gasteiger partial charge in [0.25, 0.3) is 5.89 Å². The van der Waals surface area contributed by atoms with Gasteiger partial charge in [-0.3, -0.25) is 14.8 Å². The molecule has 0 spiro atoms. The molecule has 0 saturated heterocycles. The molecule has 0 bridgehead atoms. The van der Waals surface area contributed by atoms with E-state index in [1.54, 1.807) is 33.9 Å². The zero-order chi connectivity index (χ0) is 18.1. The second-order valence-corrected chi connectivity index (χ2v) is 5.59. The first-order chi connectivity index (χ1) is 11.9. The maximum Gasteiger partial charge on any atom is 0.312 e. The minimum absolute atomic E-state index is 0.000570. The minimum Gasteiger partial charge on any atom is -0.497 e. The molecule has 3 rings (SSSR count). The molecule has 0 N–H and O–H groups in total. The van der Waals surface area contributed by atoms with Gasteiger partial charge in [0.05, 0.1) is 12.0 Å². The molecule has 0 saturated carbocycles. The summed E-state index contributed by atoms with van der Waals surface area (Å²) in [5.74, 6) is 1.42. The molecule has 130 valence electrons. The van der Waals surface area contributed by atoms with E-state index in [-0.39, 0.29) is 5.69 Å². The lowest BCUT2D eigenvalue weighted by molar-refractivity contribution is -0.386. The van der Waals surface area contributed by atoms with E-state index >= 15 is 0 Å². The Morgan fingerprint density at radius 3 is 2.76 bits per heavy atom. The average molecular weight is 343 g/mol. The van der Waals surface area contributed by atoms with Gasteiger partial charge in [0.2, 0.25) is 5.82 Å². The van der Waals surface area contributed by atoms with Gasteiger partial charge in [-0.15, -0.1) is 0 Å². The highest BCUT2D eigenvalue weighted by Gasteiger charge is 2.27. The van der Waals surface area contributed by atoms with Crippen LogP contribution in [0.5, 0.6) is 5.75 Å². The number of hydrogen-bond acceptors (Lipinski definition) is 7. The largest absolute Gasteiger partial charge is 0.497 e. The number of ether oxygens (including phenoxy) is 1. The Morgan fingerprint density at radius 1 is 1.36 bits per heavy atom. The first-order valence-electron chi connectivity index (χ1n) is 7.60. The molecule has 2 aromatic heterocycles. The number of aromatic nitrogens is 4. The summed E-state index contributed by atoms with van der Waals surface area (Å²) in [6.07, 6.45) is 0. The van der Waals surface area contributed by atoms with Crippen LogP contribution in [0, 0.1) is 24.0 Å². The number of nitro groups is 1. The Hall–Kier alpha value is -3.23. The van der Waals surface area contributed by atoms with E-state index in [0.29, 0.717) is 28.9 Å². The van der Waals surface area contributed by atoms with Crippen molar-refractivity contribution < 1.29 is 14.2 Å². The molecule has 0 aliphatic carbocycles. The molecule has 0 unspecified atom stereocenters. The Labute approximate surface area is 143 Å². The van der Waals surface area contributed by atoms with E-state index < -0.39 is 11.0 Å². The summed E-state index contributed by atoms with van der Waals surface area (Å²) in [7, 11) is 1.58. The van der Waals surface area contributed by atoms with E-state index in [2.05, 4.69) is 15.2 Å². The Kier molecular flexibility index (Phi) is 4.22. The monoisotopic (exact) mass is 343 g/mol. The topological polar surface area (TPSA) is 109 Å². The second-order valence-electron chi connectivity index (χ2n) is 5.59. The summed E-state index contributed by atoms with van der Waals surface area (Å²) in [5, 5.41) is 19.4. The molecule has 3 aromatic rings. The molecule has 1 atom stereocenters. The molecular formula is C16H17N5O4. The van der Waals surface area contributed by atoms with Crippen molar-refractivity contribution in [1.29, 1.82) is 0 Å². The standard InChI is InChI=1S/C16H17N5O4/c1-9-14(21(22)23)10(2)20(18-9)11(3)16-17-15(19-25-16)12-6-5-7-13(8-12)24-4/h5-8,11H,1-4H3/t11-/m1/s1. The molecule has 1 aromatic carbocycles. The lowest BCUT2D eigenvalue weighted by atomic mass is 10.2. The Balaban J connectivity index is 1.94. The van der Waals surface area contributed by atoms with Crippen LogP contribution in [0.2, 0.25) is 0 Å². The predicted octanol–water partition coefficient (Wildman–Crippen LogP) is 3.08. The quantitative estimate of drug-likeness (QED) is 0.517. The number of hydrogen-bond donors (Lipinski definition) is 0. The fourth-order valence-electron chi connectivity index (χ4n) is 2.68. The van der Waals surface area contributed by atoms with Crippen molar-refractivity contribution in [2.45, 2.75) is 26.8 Å². The summed E-state index contributed by atoms with van der Waals surface area (Å²) < 4.78 is 12.1. The van der Waals surface area contributed by atoms with Gasteiger partial charge in [0, 0.05) is 5.56 Å². The van der Waals surface area contributed by atoms with E-state index in [9.17, 15) is 10.1 Å². The minimum atomic E-state index is -0.434. The lowest BCUT2D eigenvalue weighted by Crippen LogP contribution is -2.11. The molecule has 0 amide bonds. The van der Waals surface area contributed by atoms with Crippen LogP contribution in [0.25, 0.3) is 11.4 Å². The maximum absolute atomic E-state index is 11.2. The summed E-state index contributed by atoms with van der Waals surface area (Å²) >= 11 is 0. The van der Waals surface area contributed by atoms with Gasteiger partial charge in [-0.25, -0.2) is 0 Å². The number of nitrogens with zero attached hydrogens (tertiary/aromatic N) is 5. The first-order valence-corrected chi connectivity index (χ1v) is 7.60. The highest BCUT2D eigenvalue weighted by Crippen LogP contribution is 2.28. The highest BCUT2D eigenvalue weighted by molar-refractivity contribution is 5.56. The number of rotatable bonds is 5. The molecule has 0 aliphatic heterocycles. The fourth-order valence-corrected chi connectivity index (χ4v) is 2.68. The molecule has 2 heterocycles. The van der Waals surface area contributed by atoms with E-state index in [0.717, 1.165) is 5.56 Å². The normalized spacial score (nSPS) is 12.2. The van der Waals surface area contributed by atoms with Gasteiger partial charge in [0.1, 0.15) is 23.2 Å². The van der Waals surface area contributed by atoms with Gasteiger partial charge < -0.3 is 9.26 Å². The number of benzene rings is 1. The van der Waals surface area contributed by atoms with Crippen LogP contribution < -0.4 is 4.74 Å². The Bertz CT molecular complexity index is 931. The SMILES string of the molecule is COc1cccc(-c2noc([C@@H](C)n3nc(C)c([N+](=O)[O-])c3C)n2)c1. The fraction of sp³-hybridized carbons (Fsp3) is 0.312. The predicted molar refractivity (Wildman–Crippen MR) is 88.5 cm³/mol. The van der Waals surface area contributed by atoms with Crippen LogP contribution in [0.15, 0.2) is 28.8 Å². The number of aryl methyl sites for hydroxylation is 1. The average Bonchev–Trinajstić information content (AvgIpc) is 3.19. The molecule has 9 heteroatoms. The third kappa shape index (κ3) is 2.95. The summed E-state index contributed by atoms with van der Waals surface area (Å²) in [4.78, 5) is 15.1. The van der Waals surface area contributed by atoms with Crippen molar-refractivity contribution in [2.75, 3.05) is 7.11 Å². The van der Waals surface area contributed by atoms with E-state index in [4.69, 9.17) is 9.26 Å². The van der Waals surface area contributed by atoms with Crippen molar-refractivity contribution in [3.8, 4) is 17.1 Å². The molecule has 25 heavy (non-hydrogen) atoms. The van der Waals surface area contributed by atoms with Crippen LogP contribution in [0.3, 0.4) is 0 Å². The third-order valence-electron chi connectivity index (χ3n) is 3.96. The molecule has 9 nitrogen and oxygen atoms in total. The maximum atomic E-state index is 11.2. The van der Waals surface area contributed by atoms with Gasteiger partial charge in [-0.2, -0.15) is 10.1 Å². The second kappa shape index (κ2) is 6.34. The van der Waals surface area contributed by atoms with Crippen LogP contribution in [-0.4, -0.2) is 32.0 Å². The van der Waals surface area contributed by atoms with Crippen LogP contribution in [-0.2, 0) is 0 Å². The Morgan fingerprint density at radius 2 is 2.12 bits per heavy atom. The van der Waals surface area contributed by atoms with Crippen molar-refractivity contribution in [3.05, 3.63) is 51.7 Å². The molecule has 0 radical (unpaired) electrons. The van der Waals surface area contributed by atoms with Crippen LogP contribution in [0.1, 0.15) is 30.2 Å². The van der Waals surface area contributed by atoms with Crippen molar-refractivity contribution >= 4 is 5.69 Å². The summed E-state index contributed by atoms with van der Waals surface area (Å²) in [6.45, 7) is 5.05. The number of methoxy groups -OCH3 is 1. The van der Waals surface area contributed by atoms with Gasteiger partial charge in [0.15, 0.2) is 0 Å². The van der Waals surface area contributed by atoms with Crippen LogP contribution in [0.4, 0.5) is 5.69 Å².